The molecular formula is C14H19BrN3O2+. The van der Waals surface area contributed by atoms with Crippen molar-refractivity contribution in [2.45, 2.75) is 6.92 Å². The van der Waals surface area contributed by atoms with Gasteiger partial charge in [-0.15, -0.1) is 0 Å². The maximum atomic E-state index is 12.0. The van der Waals surface area contributed by atoms with Gasteiger partial charge >= 0.3 is 0 Å². The van der Waals surface area contributed by atoms with Gasteiger partial charge < -0.3 is 15.1 Å². The van der Waals surface area contributed by atoms with Crippen LogP contribution in [0.15, 0.2) is 28.7 Å². The van der Waals surface area contributed by atoms with Crippen LogP contribution in [0.2, 0.25) is 0 Å². The van der Waals surface area contributed by atoms with Crippen LogP contribution in [0, 0.1) is 0 Å². The largest absolute Gasteiger partial charge is 0.332 e. The first-order chi connectivity index (χ1) is 9.54. The fourth-order valence-electron chi connectivity index (χ4n) is 2.31. The molecule has 2 amide bonds. The van der Waals surface area contributed by atoms with Gasteiger partial charge in [-0.3, -0.25) is 9.59 Å². The Kier molecular flexibility index (Phi) is 5.14. The molecule has 1 saturated heterocycles. The van der Waals surface area contributed by atoms with E-state index >= 15 is 0 Å². The molecule has 1 fully saturated rings. The molecule has 2 N–H and O–H groups in total. The van der Waals surface area contributed by atoms with Crippen LogP contribution >= 0.6 is 15.9 Å². The van der Waals surface area contributed by atoms with Crippen LogP contribution in [0.1, 0.15) is 6.92 Å². The third kappa shape index (κ3) is 4.31. The topological polar surface area (TPSA) is 53.9 Å². The monoisotopic (exact) mass is 340 g/mol. The van der Waals surface area contributed by atoms with E-state index in [2.05, 4.69) is 21.2 Å². The van der Waals surface area contributed by atoms with Gasteiger partial charge in [0, 0.05) is 17.1 Å². The summed E-state index contributed by atoms with van der Waals surface area (Å²) in [5, 5.41) is 2.89. The predicted octanol–water partition coefficient (Wildman–Crippen LogP) is 0.135. The first-order valence-electron chi connectivity index (χ1n) is 6.69. The highest BCUT2D eigenvalue weighted by Gasteiger charge is 2.23. The lowest BCUT2D eigenvalue weighted by atomic mass is 10.3. The molecule has 0 spiro atoms. The summed E-state index contributed by atoms with van der Waals surface area (Å²) in [6.45, 7) is 5.14. The summed E-state index contributed by atoms with van der Waals surface area (Å²) < 4.78 is 0.942. The lowest BCUT2D eigenvalue weighted by molar-refractivity contribution is -0.895. The number of carbonyl (C=O) groups excluding carboxylic acids is 2. The highest BCUT2D eigenvalue weighted by molar-refractivity contribution is 9.10. The number of nitrogens with zero attached hydrogens (tertiary/aromatic N) is 1. The van der Waals surface area contributed by atoms with Crippen molar-refractivity contribution in [3.05, 3.63) is 28.7 Å². The number of hydrogen-bond acceptors (Lipinski definition) is 2. The van der Waals surface area contributed by atoms with Crippen molar-refractivity contribution in [3.8, 4) is 0 Å². The van der Waals surface area contributed by atoms with Crippen molar-refractivity contribution < 1.29 is 14.5 Å². The Morgan fingerprint density at radius 3 is 2.65 bits per heavy atom. The predicted molar refractivity (Wildman–Crippen MR) is 80.6 cm³/mol. The highest BCUT2D eigenvalue weighted by atomic mass is 79.9. The van der Waals surface area contributed by atoms with Gasteiger partial charge in [-0.2, -0.15) is 0 Å². The minimum absolute atomic E-state index is 0.00868. The number of piperazine rings is 1. The highest BCUT2D eigenvalue weighted by Crippen LogP contribution is 2.15. The van der Waals surface area contributed by atoms with E-state index in [0.717, 1.165) is 36.3 Å². The van der Waals surface area contributed by atoms with Gasteiger partial charge in [0.15, 0.2) is 6.54 Å². The summed E-state index contributed by atoms with van der Waals surface area (Å²) in [5.74, 6) is 0.122. The second-order valence-corrected chi connectivity index (χ2v) is 5.91. The molecule has 0 unspecified atom stereocenters. The first kappa shape index (κ1) is 15.0. The third-order valence-corrected chi connectivity index (χ3v) is 3.93. The number of nitrogens with one attached hydrogen (secondary N) is 2. The maximum absolute atomic E-state index is 12.0. The Labute approximate surface area is 127 Å². The van der Waals surface area contributed by atoms with Gasteiger partial charge in [-0.05, 0) is 18.2 Å². The molecule has 1 aromatic rings. The van der Waals surface area contributed by atoms with E-state index in [9.17, 15) is 9.59 Å². The standard InChI is InChI=1S/C14H18BrN3O2/c1-11(19)18-7-5-17(6-8-18)10-14(20)16-13-4-2-3-12(15)9-13/h2-4,9H,5-8,10H2,1H3,(H,16,20)/p+1. The van der Waals surface area contributed by atoms with Crippen molar-refractivity contribution >= 4 is 33.4 Å². The third-order valence-electron chi connectivity index (χ3n) is 3.43. The minimum Gasteiger partial charge on any atom is -0.332 e. The fraction of sp³-hybridized carbons (Fsp3) is 0.429. The molecule has 1 heterocycles. The van der Waals surface area contributed by atoms with Crippen molar-refractivity contribution in [1.82, 2.24) is 4.90 Å². The summed E-state index contributed by atoms with van der Waals surface area (Å²) in [5.41, 5.74) is 0.797. The Hall–Kier alpha value is -1.40. The van der Waals surface area contributed by atoms with E-state index in [1.165, 1.54) is 4.90 Å². The minimum atomic E-state index is 0.00868. The molecule has 0 bridgehead atoms. The lowest BCUT2D eigenvalue weighted by Crippen LogP contribution is -3.15. The van der Waals surface area contributed by atoms with Gasteiger partial charge in [0.05, 0.1) is 26.2 Å². The zero-order valence-corrected chi connectivity index (χ0v) is 13.1. The molecule has 0 aromatic heterocycles. The van der Waals surface area contributed by atoms with Gasteiger partial charge in [0.2, 0.25) is 5.91 Å². The van der Waals surface area contributed by atoms with Crippen molar-refractivity contribution in [2.75, 3.05) is 38.0 Å². The van der Waals surface area contributed by atoms with Crippen LogP contribution in [0.4, 0.5) is 5.69 Å². The summed E-state index contributed by atoms with van der Waals surface area (Å²) >= 11 is 3.38. The number of halogens is 1. The fourth-order valence-corrected chi connectivity index (χ4v) is 2.71. The van der Waals surface area contributed by atoms with Crippen LogP contribution in [0.25, 0.3) is 0 Å². The quantitative estimate of drug-likeness (QED) is 0.822. The zero-order valence-electron chi connectivity index (χ0n) is 11.5. The molecule has 20 heavy (non-hydrogen) atoms. The Balaban J connectivity index is 1.80. The molecule has 108 valence electrons. The zero-order chi connectivity index (χ0) is 14.5. The summed E-state index contributed by atoms with van der Waals surface area (Å²) in [4.78, 5) is 26.3. The first-order valence-corrected chi connectivity index (χ1v) is 7.48. The molecule has 0 atom stereocenters. The van der Waals surface area contributed by atoms with Gasteiger partial charge in [-0.25, -0.2) is 0 Å². The maximum Gasteiger partial charge on any atom is 0.279 e. The smallest absolute Gasteiger partial charge is 0.279 e. The molecule has 1 aliphatic rings. The molecule has 0 saturated carbocycles. The number of quaternary nitrogens is 1. The number of carbonyl (C=O) groups is 2. The van der Waals surface area contributed by atoms with Crippen LogP contribution in [-0.4, -0.2) is 49.4 Å². The number of hydrogen-bond donors (Lipinski definition) is 2. The Morgan fingerprint density at radius 2 is 2.05 bits per heavy atom. The van der Waals surface area contributed by atoms with Crippen molar-refractivity contribution in [2.24, 2.45) is 0 Å². The second kappa shape index (κ2) is 6.85. The number of rotatable bonds is 3. The SMILES string of the molecule is CC(=O)N1CC[NH+](CC(=O)Nc2cccc(Br)c2)CC1. The van der Waals surface area contributed by atoms with Crippen molar-refractivity contribution in [3.63, 3.8) is 0 Å². The van der Waals surface area contributed by atoms with E-state index in [0.29, 0.717) is 6.54 Å². The summed E-state index contributed by atoms with van der Waals surface area (Å²) in [6.07, 6.45) is 0. The lowest BCUT2D eigenvalue weighted by Gasteiger charge is -2.31. The summed E-state index contributed by atoms with van der Waals surface area (Å²) in [6, 6.07) is 7.55. The van der Waals surface area contributed by atoms with Gasteiger partial charge in [0.25, 0.3) is 5.91 Å². The van der Waals surface area contributed by atoms with E-state index in [1.807, 2.05) is 29.2 Å². The van der Waals surface area contributed by atoms with Crippen LogP contribution in [-0.2, 0) is 9.59 Å². The molecule has 0 radical (unpaired) electrons. The van der Waals surface area contributed by atoms with Crippen LogP contribution in [0.5, 0.6) is 0 Å². The summed E-state index contributed by atoms with van der Waals surface area (Å²) in [7, 11) is 0. The Bertz CT molecular complexity index is 499. The van der Waals surface area contributed by atoms with Crippen LogP contribution < -0.4 is 10.2 Å². The number of amides is 2. The Morgan fingerprint density at radius 1 is 1.35 bits per heavy atom. The number of anilines is 1. The van der Waals surface area contributed by atoms with E-state index in [1.54, 1.807) is 6.92 Å². The molecule has 2 rings (SSSR count). The molecular weight excluding hydrogens is 322 g/mol. The second-order valence-electron chi connectivity index (χ2n) is 4.99. The number of benzene rings is 1. The van der Waals surface area contributed by atoms with Gasteiger partial charge in [-0.1, -0.05) is 22.0 Å². The molecule has 0 aliphatic carbocycles. The molecule has 1 aliphatic heterocycles. The van der Waals surface area contributed by atoms with E-state index < -0.39 is 0 Å². The average molecular weight is 341 g/mol. The van der Waals surface area contributed by atoms with Gasteiger partial charge in [0.1, 0.15) is 0 Å². The molecule has 5 nitrogen and oxygen atoms in total. The average Bonchev–Trinajstić information content (AvgIpc) is 2.39. The molecule has 1 aromatic carbocycles. The van der Waals surface area contributed by atoms with Crippen molar-refractivity contribution in [1.29, 1.82) is 0 Å². The van der Waals surface area contributed by atoms with E-state index in [-0.39, 0.29) is 11.8 Å². The van der Waals surface area contributed by atoms with Crippen LogP contribution in [0.3, 0.4) is 0 Å². The normalized spacial score (nSPS) is 16.0. The molecule has 6 heteroatoms. The van der Waals surface area contributed by atoms with E-state index in [4.69, 9.17) is 0 Å².